The van der Waals surface area contributed by atoms with Crippen LogP contribution < -0.4 is 0 Å². The predicted octanol–water partition coefficient (Wildman–Crippen LogP) is 4.79. The lowest BCUT2D eigenvalue weighted by atomic mass is 9.91. The summed E-state index contributed by atoms with van der Waals surface area (Å²) in [5.74, 6) is 0.233. The number of fused-ring (bicyclic) bond motifs is 1. The minimum Gasteiger partial charge on any atom is -0.361 e. The van der Waals surface area contributed by atoms with E-state index in [1.54, 1.807) is 0 Å². The topological polar surface area (TPSA) is 15.8 Å². The summed E-state index contributed by atoms with van der Waals surface area (Å²) in [5.41, 5.74) is 5.03. The minimum atomic E-state index is 0.233. The Kier molecular flexibility index (Phi) is 2.96. The van der Waals surface area contributed by atoms with E-state index in [-0.39, 0.29) is 5.92 Å². The molecule has 1 heterocycles. The lowest BCUT2D eigenvalue weighted by Gasteiger charge is -2.12. The van der Waals surface area contributed by atoms with Gasteiger partial charge in [-0.15, -0.1) is 6.58 Å². The third-order valence-corrected chi connectivity index (χ3v) is 3.60. The second kappa shape index (κ2) is 4.77. The molecule has 0 saturated heterocycles. The van der Waals surface area contributed by atoms with Crippen molar-refractivity contribution in [2.75, 3.05) is 0 Å². The van der Waals surface area contributed by atoms with E-state index < -0.39 is 0 Å². The number of aromatic nitrogens is 1. The van der Waals surface area contributed by atoms with Gasteiger partial charge in [0.2, 0.25) is 0 Å². The van der Waals surface area contributed by atoms with E-state index in [4.69, 9.17) is 0 Å². The van der Waals surface area contributed by atoms with Crippen molar-refractivity contribution in [2.45, 2.75) is 12.8 Å². The molecule has 0 bridgehead atoms. The van der Waals surface area contributed by atoms with E-state index in [9.17, 15) is 0 Å². The summed E-state index contributed by atoms with van der Waals surface area (Å²) >= 11 is 0. The van der Waals surface area contributed by atoms with Gasteiger partial charge in [-0.3, -0.25) is 0 Å². The van der Waals surface area contributed by atoms with Crippen molar-refractivity contribution in [3.05, 3.63) is 84.1 Å². The van der Waals surface area contributed by atoms with Gasteiger partial charge in [-0.1, -0.05) is 48.0 Å². The number of allylic oxidation sites excluding steroid dienone is 1. The molecule has 0 aliphatic carbocycles. The first-order valence-electron chi connectivity index (χ1n) is 6.54. The molecule has 19 heavy (non-hydrogen) atoms. The van der Waals surface area contributed by atoms with E-state index in [1.807, 2.05) is 12.1 Å². The van der Waals surface area contributed by atoms with Gasteiger partial charge in [-0.05, 0) is 30.2 Å². The minimum absolute atomic E-state index is 0.233. The monoisotopic (exact) mass is 247 g/mol. The number of hydrogen-bond donors (Lipinski definition) is 1. The number of H-pyrrole nitrogens is 1. The Hall–Kier alpha value is -2.28. The molecule has 0 spiro atoms. The second-order valence-electron chi connectivity index (χ2n) is 4.92. The number of benzene rings is 2. The van der Waals surface area contributed by atoms with E-state index in [1.165, 1.54) is 27.6 Å². The Morgan fingerprint density at radius 3 is 2.63 bits per heavy atom. The van der Waals surface area contributed by atoms with Crippen LogP contribution in [0.4, 0.5) is 0 Å². The van der Waals surface area contributed by atoms with Crippen molar-refractivity contribution in [1.82, 2.24) is 4.98 Å². The first-order chi connectivity index (χ1) is 9.29. The van der Waals surface area contributed by atoms with Gasteiger partial charge in [-0.25, -0.2) is 0 Å². The number of nitrogens with one attached hydrogen (secondary N) is 1. The summed E-state index contributed by atoms with van der Waals surface area (Å²) in [6.45, 7) is 6.14. The fraction of sp³-hybridized carbons (Fsp3) is 0.111. The van der Waals surface area contributed by atoms with Gasteiger partial charge in [-0.2, -0.15) is 0 Å². The smallest absolute Gasteiger partial charge is 0.0457 e. The normalized spacial score (nSPS) is 12.5. The van der Waals surface area contributed by atoms with Gasteiger partial charge in [0.05, 0.1) is 0 Å². The molecule has 1 atom stereocenters. The van der Waals surface area contributed by atoms with Crippen LogP contribution in [0.15, 0.2) is 67.4 Å². The summed E-state index contributed by atoms with van der Waals surface area (Å²) in [4.78, 5) is 3.35. The van der Waals surface area contributed by atoms with Gasteiger partial charge in [0.25, 0.3) is 0 Å². The Morgan fingerprint density at radius 2 is 1.89 bits per heavy atom. The highest BCUT2D eigenvalue weighted by molar-refractivity contribution is 5.85. The van der Waals surface area contributed by atoms with Crippen molar-refractivity contribution in [3.8, 4) is 0 Å². The van der Waals surface area contributed by atoms with Crippen LogP contribution in [-0.2, 0) is 0 Å². The molecule has 94 valence electrons. The molecular weight excluding hydrogens is 230 g/mol. The predicted molar refractivity (Wildman–Crippen MR) is 81.5 cm³/mol. The maximum Gasteiger partial charge on any atom is 0.0457 e. The van der Waals surface area contributed by atoms with Gasteiger partial charge in [0, 0.05) is 23.0 Å². The first kappa shape index (κ1) is 11.8. The SMILES string of the molecule is C=C[C@@H](c1ccccc1)c1c[nH]c2ccc(C)cc12. The Balaban J connectivity index is 2.17. The molecule has 0 aliphatic heterocycles. The molecule has 0 radical (unpaired) electrons. The summed E-state index contributed by atoms with van der Waals surface area (Å²) < 4.78 is 0. The van der Waals surface area contributed by atoms with E-state index >= 15 is 0 Å². The standard InChI is InChI=1S/C18H17N/c1-3-15(14-7-5-4-6-8-14)17-12-19-18-10-9-13(2)11-16(17)18/h3-12,15,19H,1H2,2H3/t15-/m0/s1. The van der Waals surface area contributed by atoms with Crippen LogP contribution >= 0.6 is 0 Å². The fourth-order valence-electron chi connectivity index (χ4n) is 2.62. The lowest BCUT2D eigenvalue weighted by molar-refractivity contribution is 1.04. The fourth-order valence-corrected chi connectivity index (χ4v) is 2.62. The molecule has 1 nitrogen and oxygen atoms in total. The molecule has 1 heteroatoms. The van der Waals surface area contributed by atoms with Crippen LogP contribution in [0, 0.1) is 6.92 Å². The molecule has 3 rings (SSSR count). The van der Waals surface area contributed by atoms with E-state index in [2.05, 4.69) is 67.1 Å². The third-order valence-electron chi connectivity index (χ3n) is 3.60. The summed E-state index contributed by atoms with van der Waals surface area (Å²) in [6, 6.07) is 17.0. The maximum absolute atomic E-state index is 4.01. The average molecular weight is 247 g/mol. The van der Waals surface area contributed by atoms with Gasteiger partial charge in [0.15, 0.2) is 0 Å². The summed E-state index contributed by atoms with van der Waals surface area (Å²) in [5, 5.41) is 1.29. The maximum atomic E-state index is 4.01. The van der Waals surface area contributed by atoms with Gasteiger partial charge >= 0.3 is 0 Å². The third kappa shape index (κ3) is 2.08. The van der Waals surface area contributed by atoms with E-state index in [0.717, 1.165) is 0 Å². The lowest BCUT2D eigenvalue weighted by Crippen LogP contribution is -1.96. The molecule has 0 saturated carbocycles. The zero-order valence-electron chi connectivity index (χ0n) is 11.1. The summed E-state index contributed by atoms with van der Waals surface area (Å²) in [6.07, 6.45) is 4.11. The molecule has 1 N–H and O–H groups in total. The largest absolute Gasteiger partial charge is 0.361 e. The number of hydrogen-bond acceptors (Lipinski definition) is 0. The Labute approximate surface area is 113 Å². The van der Waals surface area contributed by atoms with Crippen molar-refractivity contribution < 1.29 is 0 Å². The van der Waals surface area contributed by atoms with Crippen molar-refractivity contribution in [2.24, 2.45) is 0 Å². The highest BCUT2D eigenvalue weighted by atomic mass is 14.7. The molecule has 0 aliphatic rings. The van der Waals surface area contributed by atoms with Crippen molar-refractivity contribution in [3.63, 3.8) is 0 Å². The van der Waals surface area contributed by atoms with Crippen LogP contribution in [-0.4, -0.2) is 4.98 Å². The quantitative estimate of drug-likeness (QED) is 0.640. The molecule has 2 aromatic carbocycles. The highest BCUT2D eigenvalue weighted by Gasteiger charge is 2.14. The Bertz CT molecular complexity index is 707. The van der Waals surface area contributed by atoms with Crippen molar-refractivity contribution in [1.29, 1.82) is 0 Å². The highest BCUT2D eigenvalue weighted by Crippen LogP contribution is 2.31. The molecule has 1 aromatic heterocycles. The Morgan fingerprint density at radius 1 is 1.11 bits per heavy atom. The first-order valence-corrected chi connectivity index (χ1v) is 6.54. The van der Waals surface area contributed by atoms with Gasteiger partial charge in [0.1, 0.15) is 0 Å². The average Bonchev–Trinajstić information content (AvgIpc) is 2.84. The van der Waals surface area contributed by atoms with E-state index in [0.29, 0.717) is 0 Å². The molecule has 3 aromatic rings. The van der Waals surface area contributed by atoms with Crippen LogP contribution in [0.5, 0.6) is 0 Å². The van der Waals surface area contributed by atoms with Crippen LogP contribution in [0.25, 0.3) is 10.9 Å². The van der Waals surface area contributed by atoms with Crippen molar-refractivity contribution >= 4 is 10.9 Å². The molecule has 0 amide bonds. The van der Waals surface area contributed by atoms with Gasteiger partial charge < -0.3 is 4.98 Å². The molecule has 0 unspecified atom stereocenters. The summed E-state index contributed by atoms with van der Waals surface area (Å²) in [7, 11) is 0. The number of rotatable bonds is 3. The zero-order valence-corrected chi connectivity index (χ0v) is 11.1. The second-order valence-corrected chi connectivity index (χ2v) is 4.92. The van der Waals surface area contributed by atoms with Crippen LogP contribution in [0.3, 0.4) is 0 Å². The van der Waals surface area contributed by atoms with Crippen LogP contribution in [0.1, 0.15) is 22.6 Å². The molecular formula is C18H17N. The van der Waals surface area contributed by atoms with Crippen LogP contribution in [0.2, 0.25) is 0 Å². The number of aromatic amines is 1. The number of aryl methyl sites for hydroxylation is 1. The molecule has 0 fully saturated rings. The zero-order chi connectivity index (χ0) is 13.2.